The third-order valence-electron chi connectivity index (χ3n) is 2.62. The summed E-state index contributed by atoms with van der Waals surface area (Å²) in [6, 6.07) is 1.44. The molecule has 18 heavy (non-hydrogen) atoms. The number of halogens is 2. The normalized spacial score (nSPS) is 12.3. The summed E-state index contributed by atoms with van der Waals surface area (Å²) >= 11 is 0. The summed E-state index contributed by atoms with van der Waals surface area (Å²) in [5, 5.41) is 8.59. The van der Waals surface area contributed by atoms with Crippen LogP contribution in [0, 0.1) is 11.6 Å². The van der Waals surface area contributed by atoms with Crippen molar-refractivity contribution in [2.75, 3.05) is 19.0 Å². The molecule has 0 heterocycles. The first-order valence-electron chi connectivity index (χ1n) is 5.46. The molecular weight excluding hydrogens is 242 g/mol. The first-order valence-corrected chi connectivity index (χ1v) is 5.46. The van der Waals surface area contributed by atoms with E-state index in [2.05, 4.69) is 0 Å². The van der Waals surface area contributed by atoms with Gasteiger partial charge in [-0.3, -0.25) is 4.79 Å². The van der Waals surface area contributed by atoms with Crippen LogP contribution < -0.4 is 10.6 Å². The van der Waals surface area contributed by atoms with Crippen LogP contribution in [-0.4, -0.2) is 25.2 Å². The van der Waals surface area contributed by atoms with Gasteiger partial charge in [0.1, 0.15) is 0 Å². The third kappa shape index (κ3) is 3.40. The Balaban J connectivity index is 3.05. The van der Waals surface area contributed by atoms with Gasteiger partial charge in [-0.15, -0.1) is 0 Å². The van der Waals surface area contributed by atoms with E-state index in [1.165, 1.54) is 0 Å². The van der Waals surface area contributed by atoms with Crippen molar-refractivity contribution in [3.8, 4) is 0 Å². The molecule has 0 radical (unpaired) electrons. The van der Waals surface area contributed by atoms with Gasteiger partial charge in [0.2, 0.25) is 0 Å². The van der Waals surface area contributed by atoms with Crippen LogP contribution in [0.25, 0.3) is 0 Å². The smallest absolute Gasteiger partial charge is 0.303 e. The fourth-order valence-electron chi connectivity index (χ4n) is 1.67. The molecule has 0 saturated carbocycles. The number of anilines is 1. The highest BCUT2D eigenvalue weighted by molar-refractivity contribution is 5.67. The van der Waals surface area contributed by atoms with E-state index in [-0.39, 0.29) is 12.8 Å². The van der Waals surface area contributed by atoms with E-state index in [0.717, 1.165) is 12.1 Å². The predicted molar refractivity (Wildman–Crippen MR) is 64.5 cm³/mol. The van der Waals surface area contributed by atoms with Crippen LogP contribution in [-0.2, 0) is 4.79 Å². The standard InChI is InChI=1S/C12H16F2N2O2/c1-16(2)11-6-9(14)8(13)5-7(11)10(15)3-4-12(17)18/h5-6,10H,3-4,15H2,1-2H3,(H,17,18). The Morgan fingerprint density at radius 1 is 1.39 bits per heavy atom. The molecule has 1 atom stereocenters. The fraction of sp³-hybridized carbons (Fsp3) is 0.417. The number of aliphatic carboxylic acids is 1. The molecule has 0 amide bonds. The molecule has 0 fully saturated rings. The van der Waals surface area contributed by atoms with Crippen molar-refractivity contribution in [3.05, 3.63) is 29.3 Å². The van der Waals surface area contributed by atoms with Crippen molar-refractivity contribution < 1.29 is 18.7 Å². The van der Waals surface area contributed by atoms with Crippen molar-refractivity contribution in [2.45, 2.75) is 18.9 Å². The molecule has 1 aromatic rings. The average Bonchev–Trinajstić information content (AvgIpc) is 2.28. The number of hydrogen-bond donors (Lipinski definition) is 2. The molecule has 0 spiro atoms. The predicted octanol–water partition coefficient (Wildman–Crippen LogP) is 1.90. The summed E-state index contributed by atoms with van der Waals surface area (Å²) in [5.74, 6) is -2.91. The lowest BCUT2D eigenvalue weighted by atomic mass is 10.00. The lowest BCUT2D eigenvalue weighted by Crippen LogP contribution is -2.19. The van der Waals surface area contributed by atoms with E-state index in [1.54, 1.807) is 19.0 Å². The maximum atomic E-state index is 13.2. The van der Waals surface area contributed by atoms with E-state index in [9.17, 15) is 13.6 Å². The van der Waals surface area contributed by atoms with Crippen LogP contribution in [0.15, 0.2) is 12.1 Å². The molecule has 0 aromatic heterocycles. The Kier molecular flexibility index (Phi) is 4.61. The number of carboxylic acids is 1. The molecule has 1 rings (SSSR count). The van der Waals surface area contributed by atoms with Gasteiger partial charge in [-0.25, -0.2) is 8.78 Å². The van der Waals surface area contributed by atoms with Crippen LogP contribution in [0.1, 0.15) is 24.4 Å². The van der Waals surface area contributed by atoms with Gasteiger partial charge >= 0.3 is 5.97 Å². The Hall–Kier alpha value is -1.69. The molecule has 3 N–H and O–H groups in total. The number of nitrogens with zero attached hydrogens (tertiary/aromatic N) is 1. The third-order valence-corrected chi connectivity index (χ3v) is 2.62. The van der Waals surface area contributed by atoms with Gasteiger partial charge in [0.05, 0.1) is 0 Å². The van der Waals surface area contributed by atoms with Crippen LogP contribution >= 0.6 is 0 Å². The van der Waals surface area contributed by atoms with E-state index in [0.29, 0.717) is 11.3 Å². The van der Waals surface area contributed by atoms with E-state index < -0.39 is 23.6 Å². The van der Waals surface area contributed by atoms with Gasteiger partial charge in [0.15, 0.2) is 11.6 Å². The van der Waals surface area contributed by atoms with E-state index in [4.69, 9.17) is 10.8 Å². The second-order valence-electron chi connectivity index (χ2n) is 4.26. The zero-order valence-electron chi connectivity index (χ0n) is 10.3. The lowest BCUT2D eigenvalue weighted by Gasteiger charge is -2.21. The summed E-state index contributed by atoms with van der Waals surface area (Å²) in [5.41, 5.74) is 6.68. The lowest BCUT2D eigenvalue weighted by molar-refractivity contribution is -0.137. The summed E-state index contributed by atoms with van der Waals surface area (Å²) < 4.78 is 26.4. The summed E-state index contributed by atoms with van der Waals surface area (Å²) in [4.78, 5) is 12.1. The molecule has 0 bridgehead atoms. The second-order valence-corrected chi connectivity index (χ2v) is 4.26. The van der Waals surface area contributed by atoms with Crippen molar-refractivity contribution >= 4 is 11.7 Å². The largest absolute Gasteiger partial charge is 0.481 e. The molecule has 4 nitrogen and oxygen atoms in total. The Morgan fingerprint density at radius 2 is 1.94 bits per heavy atom. The zero-order valence-corrected chi connectivity index (χ0v) is 10.3. The highest BCUT2D eigenvalue weighted by atomic mass is 19.2. The molecule has 0 aliphatic heterocycles. The quantitative estimate of drug-likeness (QED) is 0.846. The minimum Gasteiger partial charge on any atom is -0.481 e. The van der Waals surface area contributed by atoms with Gasteiger partial charge in [-0.1, -0.05) is 0 Å². The number of carbonyl (C=O) groups is 1. The molecule has 1 unspecified atom stereocenters. The minimum atomic E-state index is -0.985. The number of carboxylic acid groups (broad SMARTS) is 1. The molecule has 100 valence electrons. The van der Waals surface area contributed by atoms with Crippen molar-refractivity contribution in [3.63, 3.8) is 0 Å². The Bertz CT molecular complexity index is 450. The van der Waals surface area contributed by atoms with Crippen LogP contribution in [0.3, 0.4) is 0 Å². The number of hydrogen-bond acceptors (Lipinski definition) is 3. The van der Waals surface area contributed by atoms with Gasteiger partial charge < -0.3 is 15.7 Å². The maximum Gasteiger partial charge on any atom is 0.303 e. The topological polar surface area (TPSA) is 66.6 Å². The Labute approximate surface area is 104 Å². The monoisotopic (exact) mass is 258 g/mol. The Morgan fingerprint density at radius 3 is 2.44 bits per heavy atom. The van der Waals surface area contributed by atoms with Crippen molar-refractivity contribution in [2.24, 2.45) is 5.73 Å². The summed E-state index contributed by atoms with van der Waals surface area (Å²) in [7, 11) is 3.36. The molecule has 0 aliphatic carbocycles. The molecule has 6 heteroatoms. The van der Waals surface area contributed by atoms with Gasteiger partial charge in [0, 0.05) is 38.3 Å². The minimum absolute atomic E-state index is 0.118. The van der Waals surface area contributed by atoms with Gasteiger partial charge in [-0.05, 0) is 18.1 Å². The number of rotatable bonds is 5. The highest BCUT2D eigenvalue weighted by Gasteiger charge is 2.17. The molecular formula is C12H16F2N2O2. The summed E-state index contributed by atoms with van der Waals surface area (Å²) in [6.07, 6.45) is 0.0499. The first-order chi connectivity index (χ1) is 8.32. The number of nitrogens with two attached hydrogens (primary N) is 1. The van der Waals surface area contributed by atoms with Crippen molar-refractivity contribution in [1.82, 2.24) is 0 Å². The number of benzene rings is 1. The average molecular weight is 258 g/mol. The van der Waals surface area contributed by atoms with Crippen molar-refractivity contribution in [1.29, 1.82) is 0 Å². The zero-order chi connectivity index (χ0) is 13.9. The second kappa shape index (κ2) is 5.77. The van der Waals surface area contributed by atoms with Crippen LogP contribution in [0.5, 0.6) is 0 Å². The molecule has 1 aromatic carbocycles. The van der Waals surface area contributed by atoms with Gasteiger partial charge in [-0.2, -0.15) is 0 Å². The maximum absolute atomic E-state index is 13.2. The highest BCUT2D eigenvalue weighted by Crippen LogP contribution is 2.28. The first kappa shape index (κ1) is 14.4. The SMILES string of the molecule is CN(C)c1cc(F)c(F)cc1C(N)CCC(=O)O. The van der Waals surface area contributed by atoms with Crippen LogP contribution in [0.2, 0.25) is 0 Å². The van der Waals surface area contributed by atoms with E-state index in [1.807, 2.05) is 0 Å². The van der Waals surface area contributed by atoms with Crippen LogP contribution in [0.4, 0.5) is 14.5 Å². The molecule has 0 saturated heterocycles. The fourth-order valence-corrected chi connectivity index (χ4v) is 1.67. The van der Waals surface area contributed by atoms with Gasteiger partial charge in [0.25, 0.3) is 0 Å². The van der Waals surface area contributed by atoms with E-state index >= 15 is 0 Å². The molecule has 0 aliphatic rings. The summed E-state index contributed by atoms with van der Waals surface area (Å²) in [6.45, 7) is 0.